The number of fused-ring (bicyclic) bond motifs is 2. The lowest BCUT2D eigenvalue weighted by Crippen LogP contribution is -2.36. The van der Waals surface area contributed by atoms with Crippen LogP contribution in [0.25, 0.3) is 22.3 Å². The molecule has 6 rings (SSSR count). The molecule has 7 heteroatoms. The van der Waals surface area contributed by atoms with Crippen molar-refractivity contribution in [3.8, 4) is 17.1 Å². The summed E-state index contributed by atoms with van der Waals surface area (Å²) in [5, 5.41) is 1.04. The van der Waals surface area contributed by atoms with Gasteiger partial charge in [-0.3, -0.25) is 14.8 Å². The van der Waals surface area contributed by atoms with E-state index in [-0.39, 0.29) is 11.3 Å². The van der Waals surface area contributed by atoms with Crippen molar-refractivity contribution in [2.45, 2.75) is 45.8 Å². The van der Waals surface area contributed by atoms with E-state index in [4.69, 9.17) is 9.72 Å². The molecule has 0 N–H and O–H groups in total. The molecular weight excluding hydrogens is 498 g/mol. The number of amides is 1. The van der Waals surface area contributed by atoms with E-state index in [1.54, 1.807) is 12.4 Å². The Labute approximate surface area is 233 Å². The van der Waals surface area contributed by atoms with Gasteiger partial charge in [0, 0.05) is 46.6 Å². The van der Waals surface area contributed by atoms with Gasteiger partial charge in [0.1, 0.15) is 12.4 Å². The Hall–Kier alpha value is -4.65. The van der Waals surface area contributed by atoms with Gasteiger partial charge in [-0.1, -0.05) is 51.1 Å². The Morgan fingerprint density at radius 1 is 0.925 bits per heavy atom. The highest BCUT2D eigenvalue weighted by Crippen LogP contribution is 2.25. The first-order chi connectivity index (χ1) is 19.3. The van der Waals surface area contributed by atoms with Crippen LogP contribution in [0.2, 0.25) is 0 Å². The van der Waals surface area contributed by atoms with Crippen LogP contribution in [-0.2, 0) is 25.0 Å². The number of benzene rings is 2. The fourth-order valence-corrected chi connectivity index (χ4v) is 4.81. The van der Waals surface area contributed by atoms with E-state index < -0.39 is 0 Å². The number of hydrogen-bond donors (Lipinski definition) is 0. The average Bonchev–Trinajstić information content (AvgIpc) is 2.99. The molecule has 0 atom stereocenters. The molecule has 5 aromatic rings. The molecule has 0 saturated carbocycles. The zero-order valence-electron chi connectivity index (χ0n) is 23.0. The molecule has 0 fully saturated rings. The van der Waals surface area contributed by atoms with Crippen LogP contribution >= 0.6 is 0 Å². The number of ether oxygens (including phenoxy) is 1. The fourth-order valence-electron chi connectivity index (χ4n) is 4.81. The molecule has 2 aromatic carbocycles. The minimum atomic E-state index is -0.00683. The van der Waals surface area contributed by atoms with E-state index in [2.05, 4.69) is 41.8 Å². The minimum Gasteiger partial charge on any atom is -0.487 e. The monoisotopic (exact) mass is 529 g/mol. The third-order valence-electron chi connectivity index (χ3n) is 7.19. The first kappa shape index (κ1) is 25.6. The van der Waals surface area contributed by atoms with Crippen LogP contribution in [-0.4, -0.2) is 37.3 Å². The van der Waals surface area contributed by atoms with Gasteiger partial charge in [0.2, 0.25) is 0 Å². The highest BCUT2D eigenvalue weighted by molar-refractivity contribution is 5.94. The van der Waals surface area contributed by atoms with Crippen LogP contribution in [0, 0.1) is 0 Å². The van der Waals surface area contributed by atoms with E-state index in [9.17, 15) is 4.79 Å². The van der Waals surface area contributed by atoms with E-state index in [0.29, 0.717) is 31.1 Å². The van der Waals surface area contributed by atoms with Gasteiger partial charge < -0.3 is 9.64 Å². The second-order valence-electron chi connectivity index (χ2n) is 11.2. The Balaban J connectivity index is 1.11. The van der Waals surface area contributed by atoms with Crippen molar-refractivity contribution in [2.24, 2.45) is 0 Å². The van der Waals surface area contributed by atoms with Crippen molar-refractivity contribution in [3.63, 3.8) is 0 Å². The average molecular weight is 530 g/mol. The Morgan fingerprint density at radius 3 is 2.52 bits per heavy atom. The van der Waals surface area contributed by atoms with Gasteiger partial charge in [-0.25, -0.2) is 9.97 Å². The van der Waals surface area contributed by atoms with E-state index in [1.807, 2.05) is 71.8 Å². The maximum Gasteiger partial charge on any atom is 0.254 e. The van der Waals surface area contributed by atoms with Crippen molar-refractivity contribution in [3.05, 3.63) is 113 Å². The SMILES string of the molecule is CC(C)(C)c1ccc(OCc2ccc(C(=O)N3CCc4cnc(-c5cnc6ccccc6c5)nc4C3)cc2)cn1. The van der Waals surface area contributed by atoms with Crippen molar-refractivity contribution < 1.29 is 9.53 Å². The zero-order chi connectivity index (χ0) is 27.7. The molecular formula is C33H31N5O2. The zero-order valence-corrected chi connectivity index (χ0v) is 23.0. The highest BCUT2D eigenvalue weighted by atomic mass is 16.5. The van der Waals surface area contributed by atoms with Gasteiger partial charge in [0.25, 0.3) is 5.91 Å². The van der Waals surface area contributed by atoms with Crippen LogP contribution in [0.1, 0.15) is 53.6 Å². The molecule has 0 radical (unpaired) electrons. The second kappa shape index (κ2) is 10.5. The van der Waals surface area contributed by atoms with Gasteiger partial charge in [-0.05, 0) is 53.9 Å². The predicted molar refractivity (Wildman–Crippen MR) is 155 cm³/mol. The lowest BCUT2D eigenvalue weighted by atomic mass is 9.92. The van der Waals surface area contributed by atoms with E-state index in [1.165, 1.54) is 0 Å². The topological polar surface area (TPSA) is 81.1 Å². The molecule has 1 aliphatic rings. The van der Waals surface area contributed by atoms with Crippen LogP contribution in [0.5, 0.6) is 5.75 Å². The maximum absolute atomic E-state index is 13.3. The summed E-state index contributed by atoms with van der Waals surface area (Å²) in [6, 6.07) is 21.6. The second-order valence-corrected chi connectivity index (χ2v) is 11.2. The van der Waals surface area contributed by atoms with Crippen LogP contribution < -0.4 is 4.74 Å². The van der Waals surface area contributed by atoms with Gasteiger partial charge in [-0.15, -0.1) is 0 Å². The van der Waals surface area contributed by atoms with Crippen LogP contribution in [0.3, 0.4) is 0 Å². The quantitative estimate of drug-likeness (QED) is 0.271. The summed E-state index contributed by atoms with van der Waals surface area (Å²) in [5.74, 6) is 1.34. The van der Waals surface area contributed by atoms with E-state index in [0.717, 1.165) is 51.2 Å². The minimum absolute atomic E-state index is 0.00127. The molecule has 1 aliphatic heterocycles. The number of rotatable bonds is 5. The molecule has 1 amide bonds. The molecule has 0 spiro atoms. The van der Waals surface area contributed by atoms with Crippen molar-refractivity contribution >= 4 is 16.8 Å². The van der Waals surface area contributed by atoms with Crippen molar-refractivity contribution in [2.75, 3.05) is 6.54 Å². The van der Waals surface area contributed by atoms with Crippen molar-refractivity contribution in [1.29, 1.82) is 0 Å². The summed E-state index contributed by atoms with van der Waals surface area (Å²) < 4.78 is 5.91. The summed E-state index contributed by atoms with van der Waals surface area (Å²) in [4.78, 5) is 33.7. The number of hydrogen-bond acceptors (Lipinski definition) is 6. The Bertz CT molecular complexity index is 1670. The van der Waals surface area contributed by atoms with Gasteiger partial charge in [0.05, 0.1) is 24.0 Å². The van der Waals surface area contributed by atoms with Crippen LogP contribution in [0.4, 0.5) is 0 Å². The highest BCUT2D eigenvalue weighted by Gasteiger charge is 2.24. The largest absolute Gasteiger partial charge is 0.487 e. The number of aromatic nitrogens is 4. The van der Waals surface area contributed by atoms with Gasteiger partial charge in [0.15, 0.2) is 5.82 Å². The molecule has 200 valence electrons. The van der Waals surface area contributed by atoms with Crippen molar-refractivity contribution in [1.82, 2.24) is 24.8 Å². The Kier molecular flexibility index (Phi) is 6.72. The lowest BCUT2D eigenvalue weighted by Gasteiger charge is -2.28. The maximum atomic E-state index is 13.3. The third kappa shape index (κ3) is 5.41. The first-order valence-electron chi connectivity index (χ1n) is 13.5. The summed E-state index contributed by atoms with van der Waals surface area (Å²) in [6.07, 6.45) is 6.18. The summed E-state index contributed by atoms with van der Waals surface area (Å²) in [5.41, 5.74) is 6.43. The Morgan fingerprint density at radius 2 is 1.75 bits per heavy atom. The number of pyridine rings is 2. The van der Waals surface area contributed by atoms with E-state index >= 15 is 0 Å². The number of para-hydroxylation sites is 1. The smallest absolute Gasteiger partial charge is 0.254 e. The molecule has 40 heavy (non-hydrogen) atoms. The molecule has 0 aliphatic carbocycles. The normalized spacial score (nSPS) is 13.2. The lowest BCUT2D eigenvalue weighted by molar-refractivity contribution is 0.0731. The fraction of sp³-hybridized carbons (Fsp3) is 0.242. The van der Waals surface area contributed by atoms with Gasteiger partial charge in [-0.2, -0.15) is 0 Å². The first-order valence-corrected chi connectivity index (χ1v) is 13.5. The molecule has 0 unspecified atom stereocenters. The summed E-state index contributed by atoms with van der Waals surface area (Å²) >= 11 is 0. The molecule has 7 nitrogen and oxygen atoms in total. The molecule has 0 saturated heterocycles. The third-order valence-corrected chi connectivity index (χ3v) is 7.19. The molecule has 0 bridgehead atoms. The number of carbonyl (C=O) groups excluding carboxylic acids is 1. The summed E-state index contributed by atoms with van der Waals surface area (Å²) in [6.45, 7) is 7.90. The molecule has 3 aromatic heterocycles. The standard InChI is InChI=1S/C33H31N5O2/c1-33(2,3)30-13-12-27(19-35-30)40-21-22-8-10-23(11-9-22)32(39)38-15-14-25-17-36-31(37-29(25)20-38)26-16-24-6-4-5-7-28(24)34-18-26/h4-13,16-19H,14-15,20-21H2,1-3H3. The van der Waals surface area contributed by atoms with Gasteiger partial charge >= 0.3 is 0 Å². The van der Waals surface area contributed by atoms with Crippen LogP contribution in [0.15, 0.2) is 85.3 Å². The predicted octanol–water partition coefficient (Wildman–Crippen LogP) is 6.16. The number of carbonyl (C=O) groups is 1. The number of nitrogens with zero attached hydrogens (tertiary/aromatic N) is 5. The summed E-state index contributed by atoms with van der Waals surface area (Å²) in [7, 11) is 0. The molecule has 4 heterocycles.